The Hall–Kier alpha value is -2.00. The number of carbonyl (C=O) groups excluding carboxylic acids is 1. The van der Waals surface area contributed by atoms with Gasteiger partial charge in [-0.25, -0.2) is 10.5 Å². The maximum absolute atomic E-state index is 11.7. The third kappa shape index (κ3) is 3.06. The highest BCUT2D eigenvalue weighted by atomic mass is 79.9. The van der Waals surface area contributed by atoms with Crippen molar-refractivity contribution in [1.82, 2.24) is 25.0 Å². The summed E-state index contributed by atoms with van der Waals surface area (Å²) in [5, 5.41) is 7.44. The maximum Gasteiger partial charge on any atom is 0.287 e. The van der Waals surface area contributed by atoms with Crippen LogP contribution >= 0.6 is 15.9 Å². The van der Waals surface area contributed by atoms with E-state index in [1.54, 1.807) is 18.3 Å². The van der Waals surface area contributed by atoms with E-state index in [1.807, 2.05) is 5.43 Å². The number of nitrogens with one attached hydrogen (secondary N) is 1. The monoisotopic (exact) mass is 326 g/mol. The van der Waals surface area contributed by atoms with Gasteiger partial charge in [0.25, 0.3) is 11.5 Å². The van der Waals surface area contributed by atoms with Crippen molar-refractivity contribution in [2.45, 2.75) is 13.1 Å². The first-order valence-corrected chi connectivity index (χ1v) is 6.17. The van der Waals surface area contributed by atoms with Crippen molar-refractivity contribution in [2.75, 3.05) is 0 Å². The Morgan fingerprint density at radius 2 is 2.26 bits per heavy atom. The number of hydrazine groups is 1. The van der Waals surface area contributed by atoms with Gasteiger partial charge in [0.2, 0.25) is 0 Å². The number of aryl methyl sites for hydroxylation is 2. The molecule has 0 fully saturated rings. The number of pyridine rings is 1. The molecule has 0 saturated carbocycles. The number of rotatable bonds is 4. The lowest BCUT2D eigenvalue weighted by molar-refractivity contribution is 0.0948. The van der Waals surface area contributed by atoms with Crippen LogP contribution in [0.25, 0.3) is 0 Å². The molecule has 0 aromatic carbocycles. The predicted molar refractivity (Wildman–Crippen MR) is 70.1 cm³/mol. The number of nitrogens with two attached hydrogens (primary N) is 1. The Labute approximate surface area is 116 Å². The lowest BCUT2D eigenvalue weighted by atomic mass is 10.4. The molecule has 0 saturated heterocycles. The number of amides is 1. The molecule has 0 aliphatic heterocycles. The van der Waals surface area contributed by atoms with Crippen molar-refractivity contribution in [3.05, 3.63) is 45.0 Å². The fourth-order valence-electron chi connectivity index (χ4n) is 1.48. The van der Waals surface area contributed by atoms with Gasteiger partial charge in [-0.2, -0.15) is 0 Å². The zero-order valence-electron chi connectivity index (χ0n) is 9.78. The molecule has 2 heterocycles. The van der Waals surface area contributed by atoms with E-state index in [9.17, 15) is 9.59 Å². The molecule has 0 aliphatic rings. The van der Waals surface area contributed by atoms with Crippen molar-refractivity contribution in [3.63, 3.8) is 0 Å². The molecule has 2 aromatic rings. The second-order valence-electron chi connectivity index (χ2n) is 3.69. The van der Waals surface area contributed by atoms with Crippen LogP contribution in [-0.2, 0) is 13.1 Å². The molecule has 0 spiro atoms. The molecule has 0 atom stereocenters. The van der Waals surface area contributed by atoms with Gasteiger partial charge in [-0.05, 0) is 28.1 Å². The van der Waals surface area contributed by atoms with Crippen LogP contribution in [0.4, 0.5) is 0 Å². The molecule has 100 valence electrons. The molecule has 0 aliphatic carbocycles. The third-order valence-corrected chi connectivity index (χ3v) is 3.05. The number of aromatic nitrogens is 4. The molecule has 9 heteroatoms. The maximum atomic E-state index is 11.7. The Morgan fingerprint density at radius 1 is 1.47 bits per heavy atom. The zero-order chi connectivity index (χ0) is 13.8. The van der Waals surface area contributed by atoms with Crippen LogP contribution in [-0.4, -0.2) is 25.5 Å². The smallest absolute Gasteiger partial charge is 0.287 e. The third-order valence-electron chi connectivity index (χ3n) is 2.45. The number of nitrogen functional groups attached to an aromatic ring is 1. The fourth-order valence-corrected chi connectivity index (χ4v) is 1.86. The van der Waals surface area contributed by atoms with Crippen LogP contribution < -0.4 is 16.8 Å². The van der Waals surface area contributed by atoms with Gasteiger partial charge < -0.3 is 4.57 Å². The second kappa shape index (κ2) is 5.76. The van der Waals surface area contributed by atoms with Crippen LogP contribution in [0.1, 0.15) is 10.5 Å². The highest BCUT2D eigenvalue weighted by molar-refractivity contribution is 9.10. The van der Waals surface area contributed by atoms with Gasteiger partial charge in [-0.3, -0.25) is 15.0 Å². The van der Waals surface area contributed by atoms with Crippen molar-refractivity contribution < 1.29 is 4.79 Å². The van der Waals surface area contributed by atoms with Crippen LogP contribution in [0, 0.1) is 0 Å². The minimum absolute atomic E-state index is 0.123. The molecule has 1 amide bonds. The molecule has 0 bridgehead atoms. The highest BCUT2D eigenvalue weighted by Gasteiger charge is 2.08. The number of halogens is 1. The number of hydrogen-bond donors (Lipinski definition) is 2. The van der Waals surface area contributed by atoms with Crippen molar-refractivity contribution in [1.29, 1.82) is 0 Å². The van der Waals surface area contributed by atoms with Crippen molar-refractivity contribution in [2.24, 2.45) is 5.84 Å². The molecule has 2 aromatic heterocycles. The molecule has 2 rings (SSSR count). The van der Waals surface area contributed by atoms with Gasteiger partial charge in [0, 0.05) is 12.7 Å². The van der Waals surface area contributed by atoms with Crippen LogP contribution in [0.3, 0.4) is 0 Å². The van der Waals surface area contributed by atoms with Crippen molar-refractivity contribution in [3.8, 4) is 0 Å². The number of hydrogen-bond acceptors (Lipinski definition) is 5. The summed E-state index contributed by atoms with van der Waals surface area (Å²) >= 11 is 3.17. The van der Waals surface area contributed by atoms with Gasteiger partial charge in [-0.1, -0.05) is 5.21 Å². The van der Waals surface area contributed by atoms with E-state index in [0.29, 0.717) is 17.6 Å². The van der Waals surface area contributed by atoms with E-state index >= 15 is 0 Å². The average molecular weight is 327 g/mol. The lowest BCUT2D eigenvalue weighted by Crippen LogP contribution is -2.30. The summed E-state index contributed by atoms with van der Waals surface area (Å²) in [6.07, 6.45) is 3.14. The quantitative estimate of drug-likeness (QED) is 0.447. The summed E-state index contributed by atoms with van der Waals surface area (Å²) < 4.78 is 3.50. The van der Waals surface area contributed by atoms with Gasteiger partial charge in [0.1, 0.15) is 0 Å². The fraction of sp³-hybridized carbons (Fsp3) is 0.200. The van der Waals surface area contributed by atoms with Gasteiger partial charge in [-0.15, -0.1) is 5.10 Å². The van der Waals surface area contributed by atoms with E-state index in [1.165, 1.54) is 15.4 Å². The molecular weight excluding hydrogens is 316 g/mol. The van der Waals surface area contributed by atoms with E-state index < -0.39 is 5.91 Å². The average Bonchev–Trinajstić information content (AvgIpc) is 2.88. The summed E-state index contributed by atoms with van der Waals surface area (Å²) in [7, 11) is 0. The second-order valence-corrected chi connectivity index (χ2v) is 4.55. The Morgan fingerprint density at radius 3 is 3.00 bits per heavy atom. The minimum Gasteiger partial charge on any atom is -0.313 e. The van der Waals surface area contributed by atoms with Gasteiger partial charge in [0.05, 0.1) is 17.2 Å². The summed E-state index contributed by atoms with van der Waals surface area (Å²) in [5.41, 5.74) is 1.97. The van der Waals surface area contributed by atoms with Crippen LogP contribution in [0.15, 0.2) is 33.8 Å². The van der Waals surface area contributed by atoms with E-state index in [4.69, 9.17) is 5.84 Å². The van der Waals surface area contributed by atoms with E-state index in [2.05, 4.69) is 26.2 Å². The largest absolute Gasteiger partial charge is 0.313 e. The molecule has 0 radical (unpaired) electrons. The molecule has 3 N–H and O–H groups in total. The SMILES string of the molecule is NNC(=O)c1cn(CCn2cccc(Br)c2=O)nn1. The molecule has 19 heavy (non-hydrogen) atoms. The molecular formula is C10H11BrN6O2. The highest BCUT2D eigenvalue weighted by Crippen LogP contribution is 2.01. The molecule has 8 nitrogen and oxygen atoms in total. The number of carbonyl (C=O) groups is 1. The summed E-state index contributed by atoms with van der Waals surface area (Å²) in [5.74, 6) is 4.48. The summed E-state index contributed by atoms with van der Waals surface area (Å²) in [4.78, 5) is 22.9. The van der Waals surface area contributed by atoms with Crippen LogP contribution in [0.2, 0.25) is 0 Å². The lowest BCUT2D eigenvalue weighted by Gasteiger charge is -2.05. The first-order valence-electron chi connectivity index (χ1n) is 5.38. The normalized spacial score (nSPS) is 10.4. The van der Waals surface area contributed by atoms with Gasteiger partial charge in [0.15, 0.2) is 5.69 Å². The zero-order valence-corrected chi connectivity index (χ0v) is 11.4. The summed E-state index contributed by atoms with van der Waals surface area (Å²) in [6, 6.07) is 3.44. The standard InChI is InChI=1S/C10H11BrN6O2/c11-7-2-1-3-16(10(7)19)4-5-17-6-8(14-15-17)9(18)13-12/h1-3,6H,4-5,12H2,(H,13,18). The first-order chi connectivity index (χ1) is 9.11. The first kappa shape index (κ1) is 13.4. The summed E-state index contributed by atoms with van der Waals surface area (Å²) in [6.45, 7) is 0.840. The van der Waals surface area contributed by atoms with Crippen molar-refractivity contribution >= 4 is 21.8 Å². The van der Waals surface area contributed by atoms with E-state index in [-0.39, 0.29) is 11.3 Å². The Balaban J connectivity index is 2.07. The Kier molecular flexibility index (Phi) is 4.07. The topological polar surface area (TPSA) is 108 Å². The number of nitrogens with zero attached hydrogens (tertiary/aromatic N) is 4. The Bertz CT molecular complexity index is 649. The van der Waals surface area contributed by atoms with E-state index in [0.717, 1.165) is 0 Å². The van der Waals surface area contributed by atoms with Gasteiger partial charge >= 0.3 is 0 Å². The predicted octanol–water partition coefficient (Wildman–Crippen LogP) is -0.494. The molecule has 0 unspecified atom stereocenters. The minimum atomic E-state index is -0.508. The van der Waals surface area contributed by atoms with Crippen LogP contribution in [0.5, 0.6) is 0 Å².